The van der Waals surface area contributed by atoms with Crippen LogP contribution in [0.4, 0.5) is 0 Å². The summed E-state index contributed by atoms with van der Waals surface area (Å²) >= 11 is 0. The van der Waals surface area contributed by atoms with Gasteiger partial charge in [0.2, 0.25) is 0 Å². The predicted octanol–water partition coefficient (Wildman–Crippen LogP) is 3.31. The number of aromatic nitrogens is 2. The number of ether oxygens (including phenoxy) is 2. The van der Waals surface area contributed by atoms with E-state index in [0.717, 1.165) is 37.6 Å². The van der Waals surface area contributed by atoms with Gasteiger partial charge in [0, 0.05) is 25.5 Å². The van der Waals surface area contributed by atoms with E-state index in [1.165, 1.54) is 5.56 Å². The largest absolute Gasteiger partial charge is 0.493 e. The Morgan fingerprint density at radius 3 is 2.70 bits per heavy atom. The number of methoxy groups -OCH3 is 1. The molecule has 0 aliphatic rings. The first-order chi connectivity index (χ1) is 10.3. The number of imidazole rings is 1. The lowest BCUT2D eigenvalue weighted by molar-refractivity contribution is 0.310. The van der Waals surface area contributed by atoms with Gasteiger partial charge in [-0.2, -0.15) is 0 Å². The number of aryl methyl sites for hydroxylation is 1. The quantitative estimate of drug-likeness (QED) is 0.696. The number of rotatable bonds is 9. The molecule has 2 aromatic rings. The van der Waals surface area contributed by atoms with E-state index in [0.29, 0.717) is 6.61 Å². The van der Waals surface area contributed by atoms with Crippen molar-refractivity contribution in [1.29, 1.82) is 0 Å². The van der Waals surface area contributed by atoms with Crippen LogP contribution < -0.4 is 14.8 Å². The average molecular weight is 362 g/mol. The normalized spacial score (nSPS) is 9.65. The Hall–Kier alpha value is -1.43. The monoisotopic (exact) mass is 361 g/mol. The molecule has 0 unspecified atom stereocenters. The van der Waals surface area contributed by atoms with Gasteiger partial charge >= 0.3 is 0 Å². The van der Waals surface area contributed by atoms with Gasteiger partial charge in [-0.25, -0.2) is 4.98 Å². The summed E-state index contributed by atoms with van der Waals surface area (Å²) in [6.07, 6.45) is 6.71. The summed E-state index contributed by atoms with van der Waals surface area (Å²) < 4.78 is 13.0. The molecule has 0 atom stereocenters. The fraction of sp³-hybridized carbons (Fsp3) is 0.438. The maximum atomic E-state index is 5.51. The molecule has 0 aliphatic carbocycles. The lowest BCUT2D eigenvalue weighted by atomic mass is 10.2. The molecule has 0 fully saturated rings. The Morgan fingerprint density at radius 2 is 2.04 bits per heavy atom. The van der Waals surface area contributed by atoms with Crippen molar-refractivity contribution in [2.45, 2.75) is 26.4 Å². The van der Waals surface area contributed by atoms with Crippen molar-refractivity contribution in [3.8, 4) is 11.5 Å². The first-order valence-electron chi connectivity index (χ1n) is 7.29. The van der Waals surface area contributed by atoms with Gasteiger partial charge in [-0.3, -0.25) is 0 Å². The van der Waals surface area contributed by atoms with Gasteiger partial charge in [0.1, 0.15) is 0 Å². The molecule has 2 rings (SSSR count). The SMILES string of the molecule is CCOc1ccc(CNCCCn2ccnc2)cc1OC.Cl.Cl. The highest BCUT2D eigenvalue weighted by Gasteiger charge is 2.04. The molecule has 0 amide bonds. The summed E-state index contributed by atoms with van der Waals surface area (Å²) in [4.78, 5) is 4.03. The summed E-state index contributed by atoms with van der Waals surface area (Å²) in [7, 11) is 1.67. The molecule has 0 spiro atoms. The van der Waals surface area contributed by atoms with Crippen molar-refractivity contribution in [3.05, 3.63) is 42.5 Å². The van der Waals surface area contributed by atoms with Crippen molar-refractivity contribution < 1.29 is 9.47 Å². The van der Waals surface area contributed by atoms with Crippen LogP contribution in [0.3, 0.4) is 0 Å². The fourth-order valence-electron chi connectivity index (χ4n) is 2.14. The van der Waals surface area contributed by atoms with E-state index in [-0.39, 0.29) is 24.8 Å². The van der Waals surface area contributed by atoms with Crippen molar-refractivity contribution in [2.24, 2.45) is 0 Å². The Balaban J connectivity index is 0.00000242. The van der Waals surface area contributed by atoms with Crippen LogP contribution in [0, 0.1) is 0 Å². The van der Waals surface area contributed by atoms with Crippen molar-refractivity contribution in [2.75, 3.05) is 20.3 Å². The lowest BCUT2D eigenvalue weighted by Gasteiger charge is -2.11. The minimum atomic E-state index is 0. The van der Waals surface area contributed by atoms with Crippen molar-refractivity contribution >= 4 is 24.8 Å². The van der Waals surface area contributed by atoms with Gasteiger partial charge < -0.3 is 19.4 Å². The van der Waals surface area contributed by atoms with E-state index in [1.54, 1.807) is 13.3 Å². The van der Waals surface area contributed by atoms with E-state index in [9.17, 15) is 0 Å². The third-order valence-corrected chi connectivity index (χ3v) is 3.19. The second-order valence-electron chi connectivity index (χ2n) is 4.75. The number of nitrogens with one attached hydrogen (secondary N) is 1. The van der Waals surface area contributed by atoms with E-state index in [2.05, 4.69) is 20.9 Å². The standard InChI is InChI=1S/C16H23N3O2.2ClH/c1-3-21-15-6-5-14(11-16(15)20-2)12-17-7-4-9-19-10-8-18-13-19;;/h5-6,8,10-11,13,17H,3-4,7,9,12H2,1-2H3;2*1H. The zero-order valence-corrected chi connectivity index (χ0v) is 15.2. The molecule has 0 aliphatic heterocycles. The third kappa shape index (κ3) is 7.12. The molecule has 1 heterocycles. The zero-order chi connectivity index (χ0) is 14.9. The number of nitrogens with zero attached hydrogens (tertiary/aromatic N) is 2. The van der Waals surface area contributed by atoms with Gasteiger partial charge in [-0.15, -0.1) is 24.8 Å². The second-order valence-corrected chi connectivity index (χ2v) is 4.75. The lowest BCUT2D eigenvalue weighted by Crippen LogP contribution is -2.16. The van der Waals surface area contributed by atoms with E-state index >= 15 is 0 Å². The van der Waals surface area contributed by atoms with Gasteiger partial charge in [-0.05, 0) is 37.6 Å². The summed E-state index contributed by atoms with van der Waals surface area (Å²) in [5.41, 5.74) is 1.19. The molecular weight excluding hydrogens is 337 g/mol. The van der Waals surface area contributed by atoms with Crippen LogP contribution >= 0.6 is 24.8 Å². The molecule has 0 saturated carbocycles. The second kappa shape index (κ2) is 12.0. The fourth-order valence-corrected chi connectivity index (χ4v) is 2.14. The van der Waals surface area contributed by atoms with Crippen molar-refractivity contribution in [3.63, 3.8) is 0 Å². The molecule has 1 N–H and O–H groups in total. The summed E-state index contributed by atoms with van der Waals surface area (Å²) in [5.74, 6) is 1.58. The van der Waals surface area contributed by atoms with Crippen LogP contribution in [0.5, 0.6) is 11.5 Å². The summed E-state index contributed by atoms with van der Waals surface area (Å²) in [6.45, 7) is 5.39. The van der Waals surface area contributed by atoms with Gasteiger partial charge in [0.15, 0.2) is 11.5 Å². The van der Waals surface area contributed by atoms with Crippen LogP contribution in [0.1, 0.15) is 18.9 Å². The zero-order valence-electron chi connectivity index (χ0n) is 13.5. The van der Waals surface area contributed by atoms with Crippen LogP contribution in [0.15, 0.2) is 36.9 Å². The van der Waals surface area contributed by atoms with Gasteiger partial charge in [0.25, 0.3) is 0 Å². The van der Waals surface area contributed by atoms with Gasteiger partial charge in [-0.1, -0.05) is 6.07 Å². The molecule has 7 heteroatoms. The first-order valence-corrected chi connectivity index (χ1v) is 7.29. The molecular formula is C16H25Cl2N3O2. The number of hydrogen-bond donors (Lipinski definition) is 1. The maximum Gasteiger partial charge on any atom is 0.161 e. The molecule has 130 valence electrons. The molecule has 23 heavy (non-hydrogen) atoms. The first kappa shape index (κ1) is 21.6. The highest BCUT2D eigenvalue weighted by atomic mass is 35.5. The predicted molar refractivity (Wildman–Crippen MR) is 97.2 cm³/mol. The molecule has 0 bridgehead atoms. The minimum absolute atomic E-state index is 0. The Labute approximate surface area is 150 Å². The smallest absolute Gasteiger partial charge is 0.161 e. The van der Waals surface area contributed by atoms with E-state index in [1.807, 2.05) is 31.6 Å². The highest BCUT2D eigenvalue weighted by Crippen LogP contribution is 2.27. The molecule has 1 aromatic carbocycles. The number of halogens is 2. The molecule has 1 aromatic heterocycles. The number of benzene rings is 1. The van der Waals surface area contributed by atoms with Crippen LogP contribution in [-0.4, -0.2) is 29.8 Å². The van der Waals surface area contributed by atoms with E-state index < -0.39 is 0 Å². The topological polar surface area (TPSA) is 48.3 Å². The minimum Gasteiger partial charge on any atom is -0.493 e. The summed E-state index contributed by atoms with van der Waals surface area (Å²) in [6, 6.07) is 6.05. The Morgan fingerprint density at radius 1 is 1.22 bits per heavy atom. The Bertz CT molecular complexity index is 536. The van der Waals surface area contributed by atoms with Gasteiger partial charge in [0.05, 0.1) is 20.0 Å². The molecule has 0 saturated heterocycles. The van der Waals surface area contributed by atoms with E-state index in [4.69, 9.17) is 9.47 Å². The van der Waals surface area contributed by atoms with Crippen LogP contribution in [-0.2, 0) is 13.1 Å². The maximum absolute atomic E-state index is 5.51. The summed E-state index contributed by atoms with van der Waals surface area (Å²) in [5, 5.41) is 3.44. The number of hydrogen-bond acceptors (Lipinski definition) is 4. The highest BCUT2D eigenvalue weighted by molar-refractivity contribution is 5.85. The molecule has 5 nitrogen and oxygen atoms in total. The van der Waals surface area contributed by atoms with Crippen molar-refractivity contribution in [1.82, 2.24) is 14.9 Å². The van der Waals surface area contributed by atoms with Crippen LogP contribution in [0.25, 0.3) is 0 Å². The van der Waals surface area contributed by atoms with Crippen LogP contribution in [0.2, 0.25) is 0 Å². The third-order valence-electron chi connectivity index (χ3n) is 3.19. The molecule has 0 radical (unpaired) electrons. The Kier molecular flexibility index (Phi) is 11.3. The average Bonchev–Trinajstić information content (AvgIpc) is 3.01.